The number of carbonyl (C=O) groups excluding carboxylic acids is 2. The second-order valence-corrected chi connectivity index (χ2v) is 1.67. The van der Waals surface area contributed by atoms with Crippen LogP contribution in [0.4, 0.5) is 0 Å². The fourth-order valence-corrected chi connectivity index (χ4v) is 0.444. The molecule has 0 unspecified atom stereocenters. The van der Waals surface area contributed by atoms with Crippen molar-refractivity contribution in [2.45, 2.75) is 20.3 Å². The van der Waals surface area contributed by atoms with E-state index < -0.39 is 5.97 Å². The lowest BCUT2D eigenvalue weighted by Gasteiger charge is -1.95. The van der Waals surface area contributed by atoms with E-state index in [0.29, 0.717) is 6.42 Å². The van der Waals surface area contributed by atoms with Crippen LogP contribution >= 0.6 is 0 Å². The lowest BCUT2D eigenvalue weighted by molar-refractivity contribution is -0.136. The van der Waals surface area contributed by atoms with E-state index in [-0.39, 0.29) is 5.76 Å². The van der Waals surface area contributed by atoms with E-state index in [4.69, 9.17) is 0 Å². The number of hydrogen-bond acceptors (Lipinski definition) is 3. The maximum Gasteiger partial charge on any atom is 0.308 e. The van der Waals surface area contributed by atoms with Gasteiger partial charge in [0.15, 0.2) is 5.76 Å². The van der Waals surface area contributed by atoms with Gasteiger partial charge in [0.1, 0.15) is 0 Å². The van der Waals surface area contributed by atoms with Gasteiger partial charge in [0.2, 0.25) is 0 Å². The van der Waals surface area contributed by atoms with Crippen molar-refractivity contribution in [3.8, 4) is 0 Å². The van der Waals surface area contributed by atoms with Gasteiger partial charge in [0, 0.05) is 6.92 Å². The number of allylic oxidation sites excluding steroid dienone is 2. The van der Waals surface area contributed by atoms with E-state index in [1.54, 1.807) is 0 Å². The average Bonchev–Trinajstić information content (AvgIpc) is 1.86. The fourth-order valence-electron chi connectivity index (χ4n) is 0.444. The standard InChI is InChI=1S/C7H9O3/c1-3-4-7(5-8)10-6(2)9/h4H,3H2,1-2H3/b7-4-. The van der Waals surface area contributed by atoms with E-state index in [9.17, 15) is 9.59 Å². The summed E-state index contributed by atoms with van der Waals surface area (Å²) < 4.78 is 4.44. The first-order valence-corrected chi connectivity index (χ1v) is 2.97. The Bertz CT molecular complexity index is 158. The summed E-state index contributed by atoms with van der Waals surface area (Å²) in [6.45, 7) is 3.07. The Kier molecular flexibility index (Phi) is 4.20. The Morgan fingerprint density at radius 2 is 2.30 bits per heavy atom. The lowest BCUT2D eigenvalue weighted by Crippen LogP contribution is -1.99. The highest BCUT2D eigenvalue weighted by atomic mass is 16.5. The van der Waals surface area contributed by atoms with Crippen molar-refractivity contribution in [2.24, 2.45) is 0 Å². The molecule has 0 amide bonds. The molecule has 10 heavy (non-hydrogen) atoms. The average molecular weight is 141 g/mol. The molecule has 0 saturated heterocycles. The molecule has 0 aromatic heterocycles. The third kappa shape index (κ3) is 3.83. The summed E-state index contributed by atoms with van der Waals surface area (Å²) >= 11 is 0. The molecule has 0 aliphatic carbocycles. The molecule has 0 fully saturated rings. The molecule has 3 nitrogen and oxygen atoms in total. The van der Waals surface area contributed by atoms with Crippen LogP contribution in [0.2, 0.25) is 0 Å². The molecule has 0 spiro atoms. The van der Waals surface area contributed by atoms with Crippen LogP contribution < -0.4 is 0 Å². The maximum absolute atomic E-state index is 10.2. The van der Waals surface area contributed by atoms with Gasteiger partial charge in [-0.2, -0.15) is 0 Å². The number of carbonyl (C=O) groups is 1. The summed E-state index contributed by atoms with van der Waals surface area (Å²) in [5.74, 6) is -0.530. The van der Waals surface area contributed by atoms with Crippen molar-refractivity contribution in [2.75, 3.05) is 0 Å². The number of rotatable bonds is 3. The van der Waals surface area contributed by atoms with E-state index in [1.165, 1.54) is 19.3 Å². The zero-order valence-electron chi connectivity index (χ0n) is 6.01. The Morgan fingerprint density at radius 1 is 1.70 bits per heavy atom. The third-order valence-electron chi connectivity index (χ3n) is 0.744. The van der Waals surface area contributed by atoms with Crippen LogP contribution in [-0.2, 0) is 14.3 Å². The SMILES string of the molecule is CC/C=C(/[C]=O)OC(C)=O. The first-order valence-electron chi connectivity index (χ1n) is 2.97. The van der Waals surface area contributed by atoms with Gasteiger partial charge in [0.25, 0.3) is 6.29 Å². The summed E-state index contributed by atoms with van der Waals surface area (Å²) in [5.41, 5.74) is 0. The molecule has 0 bridgehead atoms. The van der Waals surface area contributed by atoms with Crippen molar-refractivity contribution < 1.29 is 14.3 Å². The van der Waals surface area contributed by atoms with Gasteiger partial charge in [-0.05, 0) is 12.5 Å². The molecule has 0 aliphatic heterocycles. The molecule has 0 aromatic rings. The minimum atomic E-state index is -0.497. The number of hydrogen-bond donors (Lipinski definition) is 0. The predicted molar refractivity (Wildman–Crippen MR) is 35.8 cm³/mol. The third-order valence-corrected chi connectivity index (χ3v) is 0.744. The second-order valence-electron chi connectivity index (χ2n) is 1.67. The van der Waals surface area contributed by atoms with Crippen molar-refractivity contribution in [3.63, 3.8) is 0 Å². The van der Waals surface area contributed by atoms with Crippen molar-refractivity contribution in [3.05, 3.63) is 11.8 Å². The molecule has 1 radical (unpaired) electrons. The lowest BCUT2D eigenvalue weighted by atomic mass is 10.4. The summed E-state index contributed by atoms with van der Waals surface area (Å²) in [6, 6.07) is 0. The van der Waals surface area contributed by atoms with Gasteiger partial charge in [-0.3, -0.25) is 9.59 Å². The molecule has 0 saturated carbocycles. The van der Waals surface area contributed by atoms with E-state index >= 15 is 0 Å². The van der Waals surface area contributed by atoms with Crippen LogP contribution in [0.15, 0.2) is 11.8 Å². The normalized spacial score (nSPS) is 10.8. The first-order chi connectivity index (χ1) is 4.70. The minimum Gasteiger partial charge on any atom is -0.423 e. The molecule has 0 N–H and O–H groups in total. The zero-order valence-corrected chi connectivity index (χ0v) is 6.01. The summed E-state index contributed by atoms with van der Waals surface area (Å²) in [5, 5.41) is 0. The smallest absolute Gasteiger partial charge is 0.308 e. The summed E-state index contributed by atoms with van der Waals surface area (Å²) in [4.78, 5) is 20.2. The molecule has 0 aliphatic rings. The monoisotopic (exact) mass is 141 g/mol. The number of esters is 1. The summed E-state index contributed by atoms with van der Waals surface area (Å²) in [6.07, 6.45) is 3.65. The van der Waals surface area contributed by atoms with Crippen LogP contribution in [0.25, 0.3) is 0 Å². The Balaban J connectivity index is 3.95. The largest absolute Gasteiger partial charge is 0.423 e. The van der Waals surface area contributed by atoms with Crippen molar-refractivity contribution >= 4 is 12.3 Å². The topological polar surface area (TPSA) is 43.4 Å². The molecule has 55 valence electrons. The van der Waals surface area contributed by atoms with Crippen molar-refractivity contribution in [1.82, 2.24) is 0 Å². The molecule has 0 aromatic carbocycles. The fraction of sp³-hybridized carbons (Fsp3) is 0.429. The van der Waals surface area contributed by atoms with Crippen LogP contribution in [0.5, 0.6) is 0 Å². The second kappa shape index (κ2) is 4.73. The van der Waals surface area contributed by atoms with Crippen molar-refractivity contribution in [1.29, 1.82) is 0 Å². The van der Waals surface area contributed by atoms with Gasteiger partial charge in [-0.15, -0.1) is 0 Å². The van der Waals surface area contributed by atoms with Gasteiger partial charge >= 0.3 is 5.97 Å². The molecular formula is C7H9O3. The van der Waals surface area contributed by atoms with Gasteiger partial charge in [0.05, 0.1) is 0 Å². The van der Waals surface area contributed by atoms with E-state index in [1.807, 2.05) is 6.92 Å². The Labute approximate surface area is 59.7 Å². The van der Waals surface area contributed by atoms with Crippen LogP contribution in [0, 0.1) is 0 Å². The number of ether oxygens (including phenoxy) is 1. The molecule has 3 heteroatoms. The van der Waals surface area contributed by atoms with Crippen LogP contribution in [0.3, 0.4) is 0 Å². The first kappa shape index (κ1) is 8.88. The minimum absolute atomic E-state index is 0.0324. The van der Waals surface area contributed by atoms with E-state index in [0.717, 1.165) is 0 Å². The highest BCUT2D eigenvalue weighted by molar-refractivity contribution is 5.78. The summed E-state index contributed by atoms with van der Waals surface area (Å²) in [7, 11) is 0. The Hall–Kier alpha value is -1.12. The van der Waals surface area contributed by atoms with E-state index in [2.05, 4.69) is 4.74 Å². The van der Waals surface area contributed by atoms with Gasteiger partial charge in [-0.1, -0.05) is 6.92 Å². The quantitative estimate of drug-likeness (QED) is 0.334. The van der Waals surface area contributed by atoms with Gasteiger partial charge < -0.3 is 4.74 Å². The molecular weight excluding hydrogens is 132 g/mol. The maximum atomic E-state index is 10.2. The highest BCUT2D eigenvalue weighted by Gasteiger charge is 1.98. The van der Waals surface area contributed by atoms with Crippen LogP contribution in [-0.4, -0.2) is 12.3 Å². The molecule has 0 heterocycles. The molecule has 0 atom stereocenters. The molecule has 0 rings (SSSR count). The predicted octanol–water partition coefficient (Wildman–Crippen LogP) is 0.953. The highest BCUT2D eigenvalue weighted by Crippen LogP contribution is 1.94. The van der Waals surface area contributed by atoms with Gasteiger partial charge in [-0.25, -0.2) is 0 Å². The Morgan fingerprint density at radius 3 is 2.60 bits per heavy atom. The zero-order chi connectivity index (χ0) is 7.98. The van der Waals surface area contributed by atoms with Crippen LogP contribution in [0.1, 0.15) is 20.3 Å².